The van der Waals surface area contributed by atoms with Crippen LogP contribution in [0, 0.1) is 5.92 Å². The minimum Gasteiger partial charge on any atom is -0.380 e. The van der Waals surface area contributed by atoms with E-state index >= 15 is 0 Å². The van der Waals surface area contributed by atoms with Crippen LogP contribution in [0.4, 0.5) is 0 Å². The molecule has 1 saturated heterocycles. The number of unbranched alkanes of at least 4 members (excludes halogenated alkanes) is 1. The fourth-order valence-corrected chi connectivity index (χ4v) is 2.55. The molecule has 1 heterocycles. The quantitative estimate of drug-likeness (QED) is 0.608. The summed E-state index contributed by atoms with van der Waals surface area (Å²) in [7, 11) is 0. The van der Waals surface area contributed by atoms with E-state index in [0.717, 1.165) is 32.2 Å². The minimum atomic E-state index is 0.848. The molecular weight excluding hydrogens is 224 g/mol. The van der Waals surface area contributed by atoms with Gasteiger partial charge in [-0.1, -0.05) is 20.3 Å². The van der Waals surface area contributed by atoms with Crippen molar-refractivity contribution in [3.05, 3.63) is 0 Å². The Morgan fingerprint density at radius 3 is 2.89 bits per heavy atom. The third-order valence-electron chi connectivity index (χ3n) is 3.66. The topological polar surface area (TPSA) is 24.5 Å². The van der Waals surface area contributed by atoms with E-state index in [1.54, 1.807) is 0 Å². The summed E-state index contributed by atoms with van der Waals surface area (Å²) in [6, 6.07) is 0. The molecule has 0 aliphatic carbocycles. The first-order valence-corrected chi connectivity index (χ1v) is 7.87. The van der Waals surface area contributed by atoms with Crippen LogP contribution in [-0.2, 0) is 4.74 Å². The van der Waals surface area contributed by atoms with Crippen molar-refractivity contribution in [3.8, 4) is 0 Å². The molecule has 1 atom stereocenters. The highest BCUT2D eigenvalue weighted by atomic mass is 16.5. The van der Waals surface area contributed by atoms with Gasteiger partial charge in [0.15, 0.2) is 0 Å². The number of nitrogens with one attached hydrogen (secondary N) is 1. The van der Waals surface area contributed by atoms with Crippen molar-refractivity contribution in [1.82, 2.24) is 10.2 Å². The summed E-state index contributed by atoms with van der Waals surface area (Å²) in [6.07, 6.45) is 6.41. The molecule has 1 unspecified atom stereocenters. The lowest BCUT2D eigenvalue weighted by atomic mass is 9.98. The predicted octanol–water partition coefficient (Wildman–Crippen LogP) is 2.51. The molecule has 0 saturated carbocycles. The van der Waals surface area contributed by atoms with Gasteiger partial charge < -0.3 is 15.0 Å². The van der Waals surface area contributed by atoms with Crippen molar-refractivity contribution in [2.45, 2.75) is 46.0 Å². The van der Waals surface area contributed by atoms with Gasteiger partial charge in [0.1, 0.15) is 0 Å². The minimum absolute atomic E-state index is 0.848. The Kier molecular flexibility index (Phi) is 9.54. The molecule has 0 aromatic rings. The Labute approximate surface area is 113 Å². The summed E-state index contributed by atoms with van der Waals surface area (Å²) in [5.41, 5.74) is 0. The smallest absolute Gasteiger partial charge is 0.0593 e. The highest BCUT2D eigenvalue weighted by molar-refractivity contribution is 4.74. The summed E-state index contributed by atoms with van der Waals surface area (Å²) >= 11 is 0. The number of likely N-dealkylation sites (tertiary alicyclic amines) is 1. The number of ether oxygens (including phenoxy) is 1. The number of piperidine rings is 1. The van der Waals surface area contributed by atoms with Crippen molar-refractivity contribution in [1.29, 1.82) is 0 Å². The van der Waals surface area contributed by atoms with E-state index in [0.29, 0.717) is 0 Å². The average Bonchev–Trinajstić information content (AvgIpc) is 2.39. The molecule has 18 heavy (non-hydrogen) atoms. The van der Waals surface area contributed by atoms with Crippen molar-refractivity contribution in [2.75, 3.05) is 45.9 Å². The monoisotopic (exact) mass is 256 g/mol. The van der Waals surface area contributed by atoms with Crippen LogP contribution >= 0.6 is 0 Å². The molecule has 0 bridgehead atoms. The highest BCUT2D eigenvalue weighted by Crippen LogP contribution is 2.15. The van der Waals surface area contributed by atoms with Crippen LogP contribution in [0.25, 0.3) is 0 Å². The Bertz CT molecular complexity index is 187. The van der Waals surface area contributed by atoms with Gasteiger partial charge in [-0.25, -0.2) is 0 Å². The SMILES string of the molecule is CCCCOCCN1CCCC(CNCCC)C1. The first kappa shape index (κ1) is 15.9. The molecule has 1 fully saturated rings. The lowest BCUT2D eigenvalue weighted by molar-refractivity contribution is 0.0832. The molecule has 0 aromatic carbocycles. The van der Waals surface area contributed by atoms with E-state index in [2.05, 4.69) is 24.1 Å². The molecule has 3 nitrogen and oxygen atoms in total. The maximum absolute atomic E-state index is 5.65. The zero-order chi connectivity index (χ0) is 13.1. The van der Waals surface area contributed by atoms with E-state index in [9.17, 15) is 0 Å². The molecule has 0 amide bonds. The lowest BCUT2D eigenvalue weighted by Crippen LogP contribution is -2.41. The van der Waals surface area contributed by atoms with Gasteiger partial charge >= 0.3 is 0 Å². The van der Waals surface area contributed by atoms with E-state index in [1.807, 2.05) is 0 Å². The van der Waals surface area contributed by atoms with Crippen LogP contribution in [0.1, 0.15) is 46.0 Å². The maximum atomic E-state index is 5.65. The molecule has 1 N–H and O–H groups in total. The molecule has 0 aromatic heterocycles. The highest BCUT2D eigenvalue weighted by Gasteiger charge is 2.18. The van der Waals surface area contributed by atoms with Crippen molar-refractivity contribution in [2.24, 2.45) is 5.92 Å². The summed E-state index contributed by atoms with van der Waals surface area (Å²) in [6.45, 7) is 12.3. The Balaban J connectivity index is 2.03. The average molecular weight is 256 g/mol. The number of nitrogens with zero attached hydrogens (tertiary/aromatic N) is 1. The van der Waals surface area contributed by atoms with E-state index in [-0.39, 0.29) is 0 Å². The largest absolute Gasteiger partial charge is 0.380 e. The molecule has 0 radical (unpaired) electrons. The van der Waals surface area contributed by atoms with Crippen LogP contribution in [0.15, 0.2) is 0 Å². The van der Waals surface area contributed by atoms with Gasteiger partial charge in [0.2, 0.25) is 0 Å². The zero-order valence-corrected chi connectivity index (χ0v) is 12.4. The molecule has 1 aliphatic heterocycles. The van der Waals surface area contributed by atoms with Crippen molar-refractivity contribution < 1.29 is 4.74 Å². The van der Waals surface area contributed by atoms with Gasteiger partial charge in [0.05, 0.1) is 6.61 Å². The van der Waals surface area contributed by atoms with Gasteiger partial charge in [-0.2, -0.15) is 0 Å². The second-order valence-corrected chi connectivity index (χ2v) is 5.48. The fourth-order valence-electron chi connectivity index (χ4n) is 2.55. The summed E-state index contributed by atoms with van der Waals surface area (Å²) in [4.78, 5) is 2.58. The Morgan fingerprint density at radius 1 is 1.22 bits per heavy atom. The van der Waals surface area contributed by atoms with Gasteiger partial charge in [-0.15, -0.1) is 0 Å². The number of hydrogen-bond donors (Lipinski definition) is 1. The van der Waals surface area contributed by atoms with Gasteiger partial charge in [0, 0.05) is 19.7 Å². The van der Waals surface area contributed by atoms with E-state index in [1.165, 1.54) is 51.7 Å². The van der Waals surface area contributed by atoms with Crippen LogP contribution in [0.2, 0.25) is 0 Å². The van der Waals surface area contributed by atoms with Gasteiger partial charge in [-0.05, 0) is 51.2 Å². The second kappa shape index (κ2) is 10.8. The van der Waals surface area contributed by atoms with Crippen molar-refractivity contribution >= 4 is 0 Å². The normalized spacial score (nSPS) is 21.3. The molecule has 108 valence electrons. The predicted molar refractivity (Wildman–Crippen MR) is 78.1 cm³/mol. The molecule has 1 rings (SSSR count). The Hall–Kier alpha value is -0.120. The summed E-state index contributed by atoms with van der Waals surface area (Å²) in [5, 5.41) is 3.55. The van der Waals surface area contributed by atoms with Gasteiger partial charge in [-0.3, -0.25) is 0 Å². The third-order valence-corrected chi connectivity index (χ3v) is 3.66. The van der Waals surface area contributed by atoms with Crippen molar-refractivity contribution in [3.63, 3.8) is 0 Å². The lowest BCUT2D eigenvalue weighted by Gasteiger charge is -2.32. The van der Waals surface area contributed by atoms with E-state index in [4.69, 9.17) is 4.74 Å². The zero-order valence-electron chi connectivity index (χ0n) is 12.4. The maximum Gasteiger partial charge on any atom is 0.0593 e. The first-order valence-electron chi connectivity index (χ1n) is 7.87. The second-order valence-electron chi connectivity index (χ2n) is 5.48. The third kappa shape index (κ3) is 7.34. The summed E-state index contributed by atoms with van der Waals surface area (Å²) < 4.78 is 5.65. The molecular formula is C15H32N2O. The van der Waals surface area contributed by atoms with Crippen LogP contribution < -0.4 is 5.32 Å². The first-order chi connectivity index (χ1) is 8.86. The standard InChI is InChI=1S/C15H32N2O/c1-3-5-11-18-12-10-17-9-6-7-15(14-17)13-16-8-4-2/h15-16H,3-14H2,1-2H3. The molecule has 1 aliphatic rings. The summed E-state index contributed by atoms with van der Waals surface area (Å²) in [5.74, 6) is 0.848. The molecule has 0 spiro atoms. The Morgan fingerprint density at radius 2 is 2.11 bits per heavy atom. The molecule has 3 heteroatoms. The number of hydrogen-bond acceptors (Lipinski definition) is 3. The van der Waals surface area contributed by atoms with E-state index < -0.39 is 0 Å². The van der Waals surface area contributed by atoms with Gasteiger partial charge in [0.25, 0.3) is 0 Å². The van der Waals surface area contributed by atoms with Crippen LogP contribution in [-0.4, -0.2) is 50.8 Å². The van der Waals surface area contributed by atoms with Crippen LogP contribution in [0.5, 0.6) is 0 Å². The van der Waals surface area contributed by atoms with Crippen LogP contribution in [0.3, 0.4) is 0 Å². The number of rotatable bonds is 10. The fraction of sp³-hybridized carbons (Fsp3) is 1.00.